The van der Waals surface area contributed by atoms with E-state index in [1.807, 2.05) is 42.1 Å². The lowest BCUT2D eigenvalue weighted by Crippen LogP contribution is -2.65. The first-order valence-electron chi connectivity index (χ1n) is 15.1. The Labute approximate surface area is 270 Å². The molecule has 3 aliphatic carbocycles. The molecular formula is C32H38N8O7. The quantitative estimate of drug-likeness (QED) is 0.159. The average molecular weight is 647 g/mol. The van der Waals surface area contributed by atoms with Gasteiger partial charge in [0, 0.05) is 80.3 Å². The maximum absolute atomic E-state index is 14.3. The fourth-order valence-corrected chi connectivity index (χ4v) is 7.50. The van der Waals surface area contributed by atoms with Crippen molar-refractivity contribution < 1.29 is 34.8 Å². The predicted octanol–water partition coefficient (Wildman–Crippen LogP) is 0.679. The number of phenolic OH excluding ortho intramolecular Hbond substituents is 1. The van der Waals surface area contributed by atoms with Gasteiger partial charge in [-0.25, -0.2) is 0 Å². The molecule has 248 valence electrons. The Bertz CT molecular complexity index is 1780. The highest BCUT2D eigenvalue weighted by Crippen LogP contribution is 2.54. The molecule has 1 fully saturated rings. The van der Waals surface area contributed by atoms with Crippen LogP contribution in [0.4, 0.5) is 5.69 Å². The number of aromatic nitrogens is 4. The first-order valence-corrected chi connectivity index (χ1v) is 15.1. The van der Waals surface area contributed by atoms with Crippen molar-refractivity contribution in [2.75, 3.05) is 33.1 Å². The van der Waals surface area contributed by atoms with E-state index < -0.39 is 58.0 Å². The van der Waals surface area contributed by atoms with Crippen LogP contribution < -0.4 is 10.6 Å². The number of primary amides is 1. The SMILES string of the molecule is CN(C)c1cc(CN(Cc2ccn[nH]2)Cc2ccn[nH]2)c(O)c2c1C[C@@H]1C[C@@H]3[C@@H](N(C)C)C(=O)C(C(N)=O)=C(O)[C@]3(O)C(=O)C1=C2O. The van der Waals surface area contributed by atoms with Crippen LogP contribution in [0, 0.1) is 11.8 Å². The number of benzene rings is 1. The number of hydrogen-bond acceptors (Lipinski definition) is 12. The number of nitrogens with one attached hydrogen (secondary N) is 2. The van der Waals surface area contributed by atoms with Gasteiger partial charge in [0.15, 0.2) is 11.4 Å². The molecule has 0 unspecified atom stereocenters. The lowest BCUT2D eigenvalue weighted by atomic mass is 9.57. The summed E-state index contributed by atoms with van der Waals surface area (Å²) in [5.41, 5.74) is 5.17. The van der Waals surface area contributed by atoms with Gasteiger partial charge >= 0.3 is 0 Å². The third-order valence-corrected chi connectivity index (χ3v) is 9.56. The molecule has 2 heterocycles. The summed E-state index contributed by atoms with van der Waals surface area (Å²) in [5.74, 6) is -6.81. The van der Waals surface area contributed by atoms with E-state index in [-0.39, 0.29) is 36.3 Å². The number of ketones is 2. The van der Waals surface area contributed by atoms with Gasteiger partial charge in [-0.15, -0.1) is 0 Å². The molecule has 1 saturated carbocycles. The molecule has 15 nitrogen and oxygen atoms in total. The van der Waals surface area contributed by atoms with Crippen LogP contribution in [-0.2, 0) is 40.4 Å². The van der Waals surface area contributed by atoms with Crippen LogP contribution >= 0.6 is 0 Å². The van der Waals surface area contributed by atoms with Gasteiger partial charge in [0.1, 0.15) is 22.8 Å². The number of aromatic amines is 2. The van der Waals surface area contributed by atoms with Gasteiger partial charge in [-0.2, -0.15) is 10.2 Å². The Morgan fingerprint density at radius 3 is 2.15 bits per heavy atom. The monoisotopic (exact) mass is 646 g/mol. The van der Waals surface area contributed by atoms with Crippen molar-refractivity contribution in [2.24, 2.45) is 17.6 Å². The number of fused-ring (bicyclic) bond motifs is 3. The standard InChI is InChI=1S/C32H38N8O7/c1-38(2)21-11-16(12-40(13-17-5-7-34-36-17)14-18-6-8-35-37-18)26(41)23-19(21)9-15-10-20-25(39(3)4)28(43)24(31(33)46)30(45)32(20,47)29(44)22(15)27(23)42/h5-8,11,15,20,25,41-42,45,47H,9-10,12-14H2,1-4H3,(H2,33,46)(H,34,36)(H,35,37)/t15-,20-,25-,32-/m1/s1. The van der Waals surface area contributed by atoms with Crippen LogP contribution in [0.25, 0.3) is 5.76 Å². The van der Waals surface area contributed by atoms with Crippen molar-refractivity contribution in [1.82, 2.24) is 30.2 Å². The molecule has 0 spiro atoms. The number of nitrogens with two attached hydrogens (primary N) is 1. The molecule has 2 aromatic heterocycles. The zero-order valence-corrected chi connectivity index (χ0v) is 26.5. The smallest absolute Gasteiger partial charge is 0.255 e. The van der Waals surface area contributed by atoms with Crippen molar-refractivity contribution in [2.45, 2.75) is 44.1 Å². The normalized spacial score (nSPS) is 24.1. The zero-order valence-electron chi connectivity index (χ0n) is 26.5. The maximum atomic E-state index is 14.3. The molecule has 47 heavy (non-hydrogen) atoms. The number of carbonyl (C=O) groups excluding carboxylic acids is 3. The molecule has 0 bridgehead atoms. The Kier molecular flexibility index (Phi) is 7.94. The molecular weight excluding hydrogens is 608 g/mol. The van der Waals surface area contributed by atoms with Crippen LogP contribution in [-0.4, -0.2) is 108 Å². The summed E-state index contributed by atoms with van der Waals surface area (Å²) in [6.45, 7) is 1.10. The minimum atomic E-state index is -2.70. The summed E-state index contributed by atoms with van der Waals surface area (Å²) in [4.78, 5) is 45.3. The topological polar surface area (TPSA) is 225 Å². The maximum Gasteiger partial charge on any atom is 0.255 e. The number of likely N-dealkylation sites (N-methyl/N-ethyl adjacent to an activating group) is 1. The summed E-state index contributed by atoms with van der Waals surface area (Å²) in [7, 11) is 6.80. The molecule has 0 aliphatic heterocycles. The van der Waals surface area contributed by atoms with Gasteiger partial charge in [-0.05, 0) is 56.6 Å². The number of aromatic hydroxyl groups is 1. The predicted molar refractivity (Wildman–Crippen MR) is 169 cm³/mol. The first-order chi connectivity index (χ1) is 22.2. The second kappa shape index (κ2) is 11.7. The molecule has 15 heteroatoms. The minimum Gasteiger partial charge on any atom is -0.508 e. The molecule has 4 atom stereocenters. The van der Waals surface area contributed by atoms with E-state index in [1.165, 1.54) is 4.90 Å². The number of carbonyl (C=O) groups is 3. The number of amides is 1. The summed E-state index contributed by atoms with van der Waals surface area (Å²) >= 11 is 0. The van der Waals surface area contributed by atoms with Gasteiger partial charge in [-0.3, -0.25) is 34.4 Å². The van der Waals surface area contributed by atoms with Crippen molar-refractivity contribution in [1.29, 1.82) is 0 Å². The Balaban J connectivity index is 1.48. The molecule has 8 N–H and O–H groups in total. The molecule has 3 aromatic rings. The van der Waals surface area contributed by atoms with Gasteiger partial charge < -0.3 is 31.1 Å². The highest BCUT2D eigenvalue weighted by molar-refractivity contribution is 6.24. The molecule has 0 radical (unpaired) electrons. The zero-order chi connectivity index (χ0) is 33.9. The van der Waals surface area contributed by atoms with Crippen molar-refractivity contribution in [3.8, 4) is 5.75 Å². The third-order valence-electron chi connectivity index (χ3n) is 9.56. The van der Waals surface area contributed by atoms with Crippen LogP contribution in [0.15, 0.2) is 47.5 Å². The minimum absolute atomic E-state index is 0.0171. The summed E-state index contributed by atoms with van der Waals surface area (Å²) in [6.07, 6.45) is 3.50. The Morgan fingerprint density at radius 1 is 1.02 bits per heavy atom. The van der Waals surface area contributed by atoms with E-state index in [4.69, 9.17) is 5.73 Å². The van der Waals surface area contributed by atoms with Gasteiger partial charge in [0.05, 0.1) is 11.6 Å². The van der Waals surface area contributed by atoms with Crippen molar-refractivity contribution in [3.05, 3.63) is 75.6 Å². The van der Waals surface area contributed by atoms with E-state index in [0.29, 0.717) is 29.9 Å². The van der Waals surface area contributed by atoms with E-state index in [0.717, 1.165) is 11.4 Å². The number of aliphatic hydroxyl groups excluding tert-OH is 2. The van der Waals surface area contributed by atoms with Crippen LogP contribution in [0.3, 0.4) is 0 Å². The largest absolute Gasteiger partial charge is 0.508 e. The number of hydrogen-bond donors (Lipinski definition) is 7. The van der Waals surface area contributed by atoms with E-state index in [1.54, 1.807) is 26.5 Å². The number of nitrogens with zero attached hydrogens (tertiary/aromatic N) is 5. The number of anilines is 1. The Hall–Kier alpha value is -4.99. The molecule has 0 saturated heterocycles. The molecule has 3 aliphatic rings. The van der Waals surface area contributed by atoms with Crippen LogP contribution in [0.1, 0.15) is 34.5 Å². The molecule has 6 rings (SSSR count). The molecule has 1 aromatic carbocycles. The fourth-order valence-electron chi connectivity index (χ4n) is 7.50. The van der Waals surface area contributed by atoms with Crippen LogP contribution in [0.2, 0.25) is 0 Å². The first kappa shape index (κ1) is 32.0. The summed E-state index contributed by atoms with van der Waals surface area (Å²) in [6, 6.07) is 4.38. The number of Topliss-reactive ketones (excluding diaryl/α,β-unsaturated/α-hetero) is 2. The lowest BCUT2D eigenvalue weighted by molar-refractivity contribution is -0.153. The third kappa shape index (κ3) is 5.06. The number of aliphatic hydroxyl groups is 3. The second-order valence-corrected chi connectivity index (χ2v) is 12.9. The van der Waals surface area contributed by atoms with Crippen LogP contribution in [0.5, 0.6) is 5.75 Å². The van der Waals surface area contributed by atoms with Crippen molar-refractivity contribution >= 4 is 28.9 Å². The van der Waals surface area contributed by atoms with E-state index in [9.17, 15) is 34.8 Å². The second-order valence-electron chi connectivity index (χ2n) is 12.9. The van der Waals surface area contributed by atoms with Gasteiger partial charge in [-0.1, -0.05) is 0 Å². The fraction of sp³-hybridized carbons (Fsp3) is 0.406. The van der Waals surface area contributed by atoms with Crippen molar-refractivity contribution in [3.63, 3.8) is 0 Å². The summed E-state index contributed by atoms with van der Waals surface area (Å²) in [5, 5.41) is 60.6. The summed E-state index contributed by atoms with van der Waals surface area (Å²) < 4.78 is 0. The number of phenols is 1. The van der Waals surface area contributed by atoms with Gasteiger partial charge in [0.25, 0.3) is 5.91 Å². The number of rotatable bonds is 9. The van der Waals surface area contributed by atoms with E-state index in [2.05, 4.69) is 20.4 Å². The Morgan fingerprint density at radius 2 is 1.64 bits per heavy atom. The average Bonchev–Trinajstić information content (AvgIpc) is 3.70. The molecule has 1 amide bonds. The van der Waals surface area contributed by atoms with Gasteiger partial charge in [0.2, 0.25) is 5.78 Å². The van der Waals surface area contributed by atoms with E-state index >= 15 is 0 Å². The lowest BCUT2D eigenvalue weighted by Gasteiger charge is -2.50. The highest BCUT2D eigenvalue weighted by Gasteiger charge is 2.64. The number of H-pyrrole nitrogens is 2. The highest BCUT2D eigenvalue weighted by atomic mass is 16.3.